The molecule has 0 aliphatic carbocycles. The van der Waals surface area contributed by atoms with Gasteiger partial charge in [-0.3, -0.25) is 4.79 Å². The molecule has 0 spiro atoms. The maximum atomic E-state index is 11.8. The van der Waals surface area contributed by atoms with Gasteiger partial charge < -0.3 is 20.4 Å². The molecule has 0 unspecified atom stereocenters. The van der Waals surface area contributed by atoms with Crippen molar-refractivity contribution in [2.24, 2.45) is 0 Å². The summed E-state index contributed by atoms with van der Waals surface area (Å²) in [5.41, 5.74) is 1.61. The number of amides is 1. The molecule has 0 atom stereocenters. The fourth-order valence-corrected chi connectivity index (χ4v) is 2.32. The number of carbonyl (C=O) groups excluding carboxylic acids is 1. The Balaban J connectivity index is 1.55. The quantitative estimate of drug-likeness (QED) is 0.561. The molecule has 1 amide bonds. The van der Waals surface area contributed by atoms with Crippen LogP contribution in [-0.2, 0) is 0 Å². The van der Waals surface area contributed by atoms with E-state index in [1.807, 2.05) is 26.0 Å². The van der Waals surface area contributed by atoms with Crippen LogP contribution in [0.15, 0.2) is 47.4 Å². The van der Waals surface area contributed by atoms with Crippen LogP contribution in [0.5, 0.6) is 0 Å². The van der Waals surface area contributed by atoms with Crippen molar-refractivity contribution in [1.29, 1.82) is 0 Å². The summed E-state index contributed by atoms with van der Waals surface area (Å²) in [6.07, 6.45) is 4.62. The van der Waals surface area contributed by atoms with Gasteiger partial charge in [0.1, 0.15) is 29.5 Å². The lowest BCUT2D eigenvalue weighted by atomic mass is 10.3. The molecule has 8 heteroatoms. The molecular formula is C18H20N6O2. The Hall–Kier alpha value is -3.42. The third kappa shape index (κ3) is 4.79. The lowest BCUT2D eigenvalue weighted by molar-refractivity contribution is 0.0954. The molecule has 0 saturated heterocycles. The van der Waals surface area contributed by atoms with Gasteiger partial charge in [0.05, 0.1) is 11.8 Å². The van der Waals surface area contributed by atoms with Crippen LogP contribution in [0.3, 0.4) is 0 Å². The van der Waals surface area contributed by atoms with Crippen molar-refractivity contribution in [1.82, 2.24) is 20.3 Å². The van der Waals surface area contributed by atoms with E-state index in [0.29, 0.717) is 36.1 Å². The molecule has 3 rings (SSSR count). The fourth-order valence-electron chi connectivity index (χ4n) is 2.32. The number of pyridine rings is 1. The predicted octanol–water partition coefficient (Wildman–Crippen LogP) is 2.67. The Labute approximate surface area is 151 Å². The van der Waals surface area contributed by atoms with Crippen LogP contribution in [0.2, 0.25) is 0 Å². The highest BCUT2D eigenvalue weighted by atomic mass is 16.3. The van der Waals surface area contributed by atoms with Gasteiger partial charge in [-0.05, 0) is 37.6 Å². The molecule has 0 aliphatic rings. The Morgan fingerprint density at radius 1 is 1.08 bits per heavy atom. The molecule has 0 aliphatic heterocycles. The van der Waals surface area contributed by atoms with Crippen molar-refractivity contribution >= 4 is 23.4 Å². The van der Waals surface area contributed by atoms with Crippen molar-refractivity contribution < 1.29 is 9.21 Å². The Kier molecular flexibility index (Phi) is 5.43. The Morgan fingerprint density at radius 2 is 1.92 bits per heavy atom. The molecule has 3 aromatic rings. The van der Waals surface area contributed by atoms with Crippen LogP contribution < -0.4 is 16.0 Å². The molecule has 0 radical (unpaired) electrons. The van der Waals surface area contributed by atoms with E-state index in [0.717, 1.165) is 11.4 Å². The van der Waals surface area contributed by atoms with E-state index < -0.39 is 0 Å². The molecule has 0 bridgehead atoms. The minimum Gasteiger partial charge on any atom is -0.472 e. The SMILES string of the molecule is Cc1ccnc(Nc2cc(NCCNC(=O)c3ccoc3)nc(C)n2)c1. The summed E-state index contributed by atoms with van der Waals surface area (Å²) in [5, 5.41) is 9.14. The first-order valence-electron chi connectivity index (χ1n) is 8.20. The highest BCUT2D eigenvalue weighted by Gasteiger charge is 2.06. The zero-order valence-electron chi connectivity index (χ0n) is 14.6. The van der Waals surface area contributed by atoms with Crippen LogP contribution in [0.1, 0.15) is 21.7 Å². The van der Waals surface area contributed by atoms with Gasteiger partial charge in [0.15, 0.2) is 0 Å². The second-order valence-corrected chi connectivity index (χ2v) is 5.72. The van der Waals surface area contributed by atoms with Crippen LogP contribution in [0.4, 0.5) is 17.5 Å². The standard InChI is InChI=1S/C18H20N6O2/c1-12-3-5-19-15(9-12)24-17-10-16(22-13(2)23-17)20-6-7-21-18(25)14-4-8-26-11-14/h3-5,8-11H,6-7H2,1-2H3,(H,21,25)(H2,19,20,22,23,24). The molecule has 8 nitrogen and oxygen atoms in total. The highest BCUT2D eigenvalue weighted by molar-refractivity contribution is 5.93. The van der Waals surface area contributed by atoms with E-state index in [4.69, 9.17) is 4.42 Å². The van der Waals surface area contributed by atoms with Crippen molar-refractivity contribution in [3.63, 3.8) is 0 Å². The number of hydrogen-bond acceptors (Lipinski definition) is 7. The number of hydrogen-bond donors (Lipinski definition) is 3. The van der Waals surface area contributed by atoms with Gasteiger partial charge >= 0.3 is 0 Å². The van der Waals surface area contributed by atoms with Gasteiger partial charge in [0.25, 0.3) is 5.91 Å². The molecule has 134 valence electrons. The molecule has 3 heterocycles. The van der Waals surface area contributed by atoms with Gasteiger partial charge in [-0.25, -0.2) is 15.0 Å². The topological polar surface area (TPSA) is 105 Å². The zero-order chi connectivity index (χ0) is 18.4. The molecule has 3 aromatic heterocycles. The Morgan fingerprint density at radius 3 is 2.69 bits per heavy atom. The van der Waals surface area contributed by atoms with Crippen molar-refractivity contribution in [2.45, 2.75) is 13.8 Å². The first kappa shape index (κ1) is 17.4. The lowest BCUT2D eigenvalue weighted by Gasteiger charge is -2.10. The number of aryl methyl sites for hydroxylation is 2. The summed E-state index contributed by atoms with van der Waals surface area (Å²) in [6, 6.07) is 7.29. The molecule has 0 saturated carbocycles. The largest absolute Gasteiger partial charge is 0.472 e. The minimum absolute atomic E-state index is 0.174. The first-order valence-corrected chi connectivity index (χ1v) is 8.20. The smallest absolute Gasteiger partial charge is 0.254 e. The number of anilines is 3. The number of nitrogens with one attached hydrogen (secondary N) is 3. The van der Waals surface area contributed by atoms with E-state index >= 15 is 0 Å². The molecule has 0 aromatic carbocycles. The van der Waals surface area contributed by atoms with Gasteiger partial charge in [-0.15, -0.1) is 0 Å². The minimum atomic E-state index is -0.174. The summed E-state index contributed by atoms with van der Waals surface area (Å²) < 4.78 is 4.89. The maximum Gasteiger partial charge on any atom is 0.254 e. The number of rotatable bonds is 7. The second-order valence-electron chi connectivity index (χ2n) is 5.72. The van der Waals surface area contributed by atoms with Crippen LogP contribution in [0.25, 0.3) is 0 Å². The van der Waals surface area contributed by atoms with Crippen LogP contribution >= 0.6 is 0 Å². The zero-order valence-corrected chi connectivity index (χ0v) is 14.6. The average Bonchev–Trinajstić information content (AvgIpc) is 3.13. The van der Waals surface area contributed by atoms with Crippen LogP contribution in [-0.4, -0.2) is 33.9 Å². The van der Waals surface area contributed by atoms with Crippen molar-refractivity contribution in [2.75, 3.05) is 23.7 Å². The van der Waals surface area contributed by atoms with Gasteiger partial charge in [0.2, 0.25) is 0 Å². The summed E-state index contributed by atoms with van der Waals surface area (Å²) in [4.78, 5) is 24.8. The summed E-state index contributed by atoms with van der Waals surface area (Å²) in [5.74, 6) is 2.51. The summed E-state index contributed by atoms with van der Waals surface area (Å²) in [6.45, 7) is 4.81. The lowest BCUT2D eigenvalue weighted by Crippen LogP contribution is -2.28. The molecule has 0 fully saturated rings. The number of aromatic nitrogens is 3. The normalized spacial score (nSPS) is 10.4. The van der Waals surface area contributed by atoms with Crippen LogP contribution in [0, 0.1) is 13.8 Å². The Bertz CT molecular complexity index is 879. The van der Waals surface area contributed by atoms with Gasteiger partial charge in [-0.1, -0.05) is 0 Å². The fraction of sp³-hybridized carbons (Fsp3) is 0.222. The number of carbonyl (C=O) groups is 1. The van der Waals surface area contributed by atoms with Gasteiger partial charge in [-0.2, -0.15) is 0 Å². The van der Waals surface area contributed by atoms with E-state index in [9.17, 15) is 4.79 Å². The van der Waals surface area contributed by atoms with Crippen molar-refractivity contribution in [3.8, 4) is 0 Å². The monoisotopic (exact) mass is 352 g/mol. The third-order valence-electron chi connectivity index (χ3n) is 3.51. The second kappa shape index (κ2) is 8.11. The summed E-state index contributed by atoms with van der Waals surface area (Å²) >= 11 is 0. The highest BCUT2D eigenvalue weighted by Crippen LogP contribution is 2.16. The van der Waals surface area contributed by atoms with E-state index in [2.05, 4.69) is 30.9 Å². The van der Waals surface area contributed by atoms with Crippen molar-refractivity contribution in [3.05, 3.63) is 59.9 Å². The van der Waals surface area contributed by atoms with E-state index in [1.54, 1.807) is 18.3 Å². The maximum absolute atomic E-state index is 11.8. The molecular weight excluding hydrogens is 332 g/mol. The summed E-state index contributed by atoms with van der Waals surface area (Å²) in [7, 11) is 0. The van der Waals surface area contributed by atoms with Gasteiger partial charge in [0, 0.05) is 25.4 Å². The molecule has 3 N–H and O–H groups in total. The third-order valence-corrected chi connectivity index (χ3v) is 3.51. The van der Waals surface area contributed by atoms with E-state index in [-0.39, 0.29) is 5.91 Å². The number of nitrogens with zero attached hydrogens (tertiary/aromatic N) is 3. The van der Waals surface area contributed by atoms with E-state index in [1.165, 1.54) is 12.5 Å². The molecule has 26 heavy (non-hydrogen) atoms. The average molecular weight is 352 g/mol. The number of furan rings is 1. The predicted molar refractivity (Wildman–Crippen MR) is 98.6 cm³/mol. The first-order chi connectivity index (χ1) is 12.6.